The summed E-state index contributed by atoms with van der Waals surface area (Å²) in [6, 6.07) is 0.205. The number of primary amides is 1. The first-order chi connectivity index (χ1) is 7.25. The van der Waals surface area contributed by atoms with Crippen molar-refractivity contribution in [1.29, 1.82) is 0 Å². The predicted molar refractivity (Wildman–Crippen MR) is 58.8 cm³/mol. The van der Waals surface area contributed by atoms with E-state index in [9.17, 15) is 4.79 Å². The van der Waals surface area contributed by atoms with E-state index in [1.807, 2.05) is 0 Å². The Morgan fingerprint density at radius 2 is 2.47 bits per heavy atom. The van der Waals surface area contributed by atoms with Gasteiger partial charge in [0.2, 0.25) is 5.91 Å². The number of hydrogen-bond acceptors (Lipinski definition) is 3. The van der Waals surface area contributed by atoms with E-state index < -0.39 is 0 Å². The molecule has 0 bridgehead atoms. The van der Waals surface area contributed by atoms with Crippen molar-refractivity contribution in [2.75, 3.05) is 13.1 Å². The summed E-state index contributed by atoms with van der Waals surface area (Å²) in [4.78, 5) is 13.1. The zero-order valence-corrected chi connectivity index (χ0v) is 8.78. The van der Waals surface area contributed by atoms with Crippen molar-refractivity contribution < 1.29 is 4.79 Å². The van der Waals surface area contributed by atoms with Crippen molar-refractivity contribution in [2.24, 2.45) is 5.73 Å². The Kier molecular flexibility index (Phi) is 2.94. The van der Waals surface area contributed by atoms with Crippen molar-refractivity contribution in [3.63, 3.8) is 0 Å². The molecule has 0 aromatic carbocycles. The van der Waals surface area contributed by atoms with Crippen LogP contribution in [-0.4, -0.2) is 29.9 Å². The molecule has 3 N–H and O–H groups in total. The summed E-state index contributed by atoms with van der Waals surface area (Å²) in [5, 5.41) is 3.36. The Morgan fingerprint density at radius 1 is 1.60 bits per heavy atom. The molecule has 1 unspecified atom stereocenters. The number of nitrogens with two attached hydrogens (primary N) is 1. The second kappa shape index (κ2) is 4.38. The number of carbonyl (C=O) groups excluding carboxylic acids is 1. The van der Waals surface area contributed by atoms with E-state index in [1.165, 1.54) is 0 Å². The van der Waals surface area contributed by atoms with Crippen LogP contribution in [0.1, 0.15) is 19.3 Å². The molecule has 0 spiro atoms. The van der Waals surface area contributed by atoms with Crippen molar-refractivity contribution >= 4 is 5.91 Å². The Balaban J connectivity index is 1.99. The lowest BCUT2D eigenvalue weighted by molar-refractivity contribution is -0.118. The molecule has 82 valence electrons. The standard InChI is InChI=1S/C11H17N3O/c12-10(15)8-9-5-7-14-6-3-1-2-4-11(14)13-9/h1-2,4,9,13H,3,5-8H2,(H2,12,15). The van der Waals surface area contributed by atoms with Gasteiger partial charge in [0.25, 0.3) is 0 Å². The largest absolute Gasteiger partial charge is 0.370 e. The highest BCUT2D eigenvalue weighted by molar-refractivity contribution is 5.74. The molecule has 0 aromatic heterocycles. The molecule has 2 aliphatic heterocycles. The van der Waals surface area contributed by atoms with Gasteiger partial charge in [0, 0.05) is 25.6 Å². The minimum absolute atomic E-state index is 0.205. The van der Waals surface area contributed by atoms with Crippen molar-refractivity contribution in [1.82, 2.24) is 10.2 Å². The van der Waals surface area contributed by atoms with Crippen molar-refractivity contribution in [3.05, 3.63) is 24.0 Å². The van der Waals surface area contributed by atoms with Crippen LogP contribution in [0.2, 0.25) is 0 Å². The smallest absolute Gasteiger partial charge is 0.219 e. The Labute approximate surface area is 89.8 Å². The number of nitrogens with zero attached hydrogens (tertiary/aromatic N) is 1. The lowest BCUT2D eigenvalue weighted by Crippen LogP contribution is -2.46. The number of amides is 1. The van der Waals surface area contributed by atoms with Gasteiger partial charge in [-0.15, -0.1) is 0 Å². The van der Waals surface area contributed by atoms with Crippen LogP contribution >= 0.6 is 0 Å². The summed E-state index contributed by atoms with van der Waals surface area (Å²) in [6.45, 7) is 2.07. The van der Waals surface area contributed by atoms with Crippen LogP contribution in [-0.2, 0) is 4.79 Å². The molecule has 2 heterocycles. The summed E-state index contributed by atoms with van der Waals surface area (Å²) in [7, 11) is 0. The maximum atomic E-state index is 10.8. The first-order valence-corrected chi connectivity index (χ1v) is 5.42. The molecule has 0 aliphatic carbocycles. The van der Waals surface area contributed by atoms with Crippen molar-refractivity contribution in [2.45, 2.75) is 25.3 Å². The fourth-order valence-corrected chi connectivity index (χ4v) is 2.07. The fourth-order valence-electron chi connectivity index (χ4n) is 2.07. The number of hydrogen-bond donors (Lipinski definition) is 2. The molecule has 0 aromatic rings. The molecule has 1 fully saturated rings. The molecule has 1 saturated heterocycles. The third kappa shape index (κ3) is 2.52. The first-order valence-electron chi connectivity index (χ1n) is 5.42. The quantitative estimate of drug-likeness (QED) is 0.686. The highest BCUT2D eigenvalue weighted by Crippen LogP contribution is 2.16. The van der Waals surface area contributed by atoms with E-state index in [1.54, 1.807) is 0 Å². The summed E-state index contributed by atoms with van der Waals surface area (Å²) in [5.41, 5.74) is 5.20. The third-order valence-electron chi connectivity index (χ3n) is 2.84. The highest BCUT2D eigenvalue weighted by Gasteiger charge is 2.22. The van der Waals surface area contributed by atoms with Gasteiger partial charge in [-0.25, -0.2) is 0 Å². The van der Waals surface area contributed by atoms with E-state index >= 15 is 0 Å². The molecular weight excluding hydrogens is 190 g/mol. The fraction of sp³-hybridized carbons (Fsp3) is 0.545. The molecule has 0 saturated carbocycles. The molecule has 1 atom stereocenters. The first kappa shape index (κ1) is 10.1. The molecule has 15 heavy (non-hydrogen) atoms. The summed E-state index contributed by atoms with van der Waals surface area (Å²) < 4.78 is 0. The van der Waals surface area contributed by atoms with Gasteiger partial charge < -0.3 is 16.0 Å². The van der Waals surface area contributed by atoms with Gasteiger partial charge in [0.1, 0.15) is 5.82 Å². The van der Waals surface area contributed by atoms with Gasteiger partial charge in [-0.3, -0.25) is 4.79 Å². The molecule has 1 amide bonds. The van der Waals surface area contributed by atoms with Crippen LogP contribution < -0.4 is 11.1 Å². The lowest BCUT2D eigenvalue weighted by Gasteiger charge is -2.36. The van der Waals surface area contributed by atoms with E-state index in [4.69, 9.17) is 5.73 Å². The number of carbonyl (C=O) groups is 1. The predicted octanol–water partition coefficient (Wildman–Crippen LogP) is 0.327. The van der Waals surface area contributed by atoms with Crippen LogP contribution in [0.3, 0.4) is 0 Å². The Hall–Kier alpha value is -1.45. The maximum absolute atomic E-state index is 10.8. The number of fused-ring (bicyclic) bond motifs is 1. The molecule has 0 radical (unpaired) electrons. The van der Waals surface area contributed by atoms with Gasteiger partial charge in [0.15, 0.2) is 0 Å². The second-order valence-electron chi connectivity index (χ2n) is 4.06. The van der Waals surface area contributed by atoms with E-state index in [0.29, 0.717) is 6.42 Å². The van der Waals surface area contributed by atoms with Crippen LogP contribution in [0, 0.1) is 0 Å². The zero-order valence-electron chi connectivity index (χ0n) is 8.78. The van der Waals surface area contributed by atoms with Gasteiger partial charge in [-0.05, 0) is 18.9 Å². The second-order valence-corrected chi connectivity index (χ2v) is 4.06. The van der Waals surface area contributed by atoms with Gasteiger partial charge >= 0.3 is 0 Å². The molecule has 2 rings (SSSR count). The van der Waals surface area contributed by atoms with Crippen LogP contribution in [0.15, 0.2) is 24.0 Å². The summed E-state index contributed by atoms with van der Waals surface area (Å²) in [6.07, 6.45) is 8.79. The maximum Gasteiger partial charge on any atom is 0.219 e. The number of nitrogens with one attached hydrogen (secondary N) is 1. The van der Waals surface area contributed by atoms with Gasteiger partial charge in [0.05, 0.1) is 0 Å². The Bertz CT molecular complexity index is 309. The molecule has 4 nitrogen and oxygen atoms in total. The minimum Gasteiger partial charge on any atom is -0.370 e. The Morgan fingerprint density at radius 3 is 3.27 bits per heavy atom. The minimum atomic E-state index is -0.231. The van der Waals surface area contributed by atoms with Crippen LogP contribution in [0.5, 0.6) is 0 Å². The van der Waals surface area contributed by atoms with E-state index in [0.717, 1.165) is 31.8 Å². The average Bonchev–Trinajstić information content (AvgIpc) is 2.41. The van der Waals surface area contributed by atoms with E-state index in [2.05, 4.69) is 28.4 Å². The highest BCUT2D eigenvalue weighted by atomic mass is 16.1. The van der Waals surface area contributed by atoms with Gasteiger partial charge in [-0.2, -0.15) is 0 Å². The summed E-state index contributed by atoms with van der Waals surface area (Å²) in [5.74, 6) is 0.895. The average molecular weight is 207 g/mol. The zero-order chi connectivity index (χ0) is 10.7. The normalized spacial score (nSPS) is 24.9. The van der Waals surface area contributed by atoms with Crippen LogP contribution in [0.4, 0.5) is 0 Å². The third-order valence-corrected chi connectivity index (χ3v) is 2.84. The van der Waals surface area contributed by atoms with Crippen molar-refractivity contribution in [3.8, 4) is 0 Å². The van der Waals surface area contributed by atoms with Crippen LogP contribution in [0.25, 0.3) is 0 Å². The topological polar surface area (TPSA) is 58.4 Å². The van der Waals surface area contributed by atoms with E-state index in [-0.39, 0.29) is 11.9 Å². The molecule has 2 aliphatic rings. The SMILES string of the molecule is NC(=O)CC1CCN2CCC=CC=C2N1. The number of allylic oxidation sites excluding steroid dienone is 2. The monoisotopic (exact) mass is 207 g/mol. The van der Waals surface area contributed by atoms with Gasteiger partial charge in [-0.1, -0.05) is 12.2 Å². The number of rotatable bonds is 2. The molecular formula is C11H17N3O. The molecule has 4 heteroatoms. The lowest BCUT2D eigenvalue weighted by atomic mass is 10.1. The summed E-state index contributed by atoms with van der Waals surface area (Å²) >= 11 is 0.